The Hall–Kier alpha value is -0.910. The van der Waals surface area contributed by atoms with Crippen LogP contribution in [0, 0.1) is 3.57 Å². The fourth-order valence-electron chi connectivity index (χ4n) is 1.29. The van der Waals surface area contributed by atoms with E-state index in [1.165, 1.54) is 0 Å². The largest absolute Gasteiger partial charge is 0.460 e. The van der Waals surface area contributed by atoms with E-state index in [0.29, 0.717) is 5.56 Å². The molecule has 1 aromatic rings. The van der Waals surface area contributed by atoms with Crippen molar-refractivity contribution in [3.8, 4) is 0 Å². The fourth-order valence-corrected chi connectivity index (χ4v) is 1.98. The zero-order chi connectivity index (χ0) is 13.1. The van der Waals surface area contributed by atoms with Gasteiger partial charge in [0.15, 0.2) is 5.78 Å². The highest BCUT2D eigenvalue weighted by molar-refractivity contribution is 14.1. The van der Waals surface area contributed by atoms with Crippen LogP contribution in [0.25, 0.3) is 0 Å². The van der Waals surface area contributed by atoms with Crippen LogP contribution in [0.1, 0.15) is 37.6 Å². The maximum Gasteiger partial charge on any atom is 0.314 e. The molecule has 0 unspecified atom stereocenters. The standard InChI is InChI=1S/C13H15IO3/c1-13(2,3)17-12(16)8-11(15)9-6-4-5-7-10(9)14/h4-7H,8H2,1-3H3. The highest BCUT2D eigenvalue weighted by Gasteiger charge is 2.20. The summed E-state index contributed by atoms with van der Waals surface area (Å²) in [4.78, 5) is 23.4. The Balaban J connectivity index is 2.68. The number of carbonyl (C=O) groups is 2. The van der Waals surface area contributed by atoms with Gasteiger partial charge >= 0.3 is 5.97 Å². The first kappa shape index (κ1) is 14.2. The summed E-state index contributed by atoms with van der Waals surface area (Å²) in [5.74, 6) is -0.689. The summed E-state index contributed by atoms with van der Waals surface area (Å²) in [7, 11) is 0. The third-order valence-corrected chi connectivity index (χ3v) is 2.84. The van der Waals surface area contributed by atoms with E-state index in [1.807, 2.05) is 12.1 Å². The molecule has 0 aromatic heterocycles. The Bertz CT molecular complexity index is 433. The molecule has 0 spiro atoms. The van der Waals surface area contributed by atoms with E-state index in [1.54, 1.807) is 32.9 Å². The topological polar surface area (TPSA) is 43.4 Å². The zero-order valence-corrected chi connectivity index (χ0v) is 12.3. The average molecular weight is 346 g/mol. The average Bonchev–Trinajstić information content (AvgIpc) is 2.14. The number of hydrogen-bond donors (Lipinski definition) is 0. The van der Waals surface area contributed by atoms with Crippen LogP contribution in [0.15, 0.2) is 24.3 Å². The van der Waals surface area contributed by atoms with Crippen molar-refractivity contribution in [2.45, 2.75) is 32.8 Å². The molecule has 4 heteroatoms. The highest BCUT2D eigenvalue weighted by Crippen LogP contribution is 2.15. The maximum absolute atomic E-state index is 11.9. The lowest BCUT2D eigenvalue weighted by atomic mass is 10.1. The van der Waals surface area contributed by atoms with Crippen molar-refractivity contribution >= 4 is 34.3 Å². The van der Waals surface area contributed by atoms with Crippen molar-refractivity contribution in [2.75, 3.05) is 0 Å². The molecule has 0 saturated carbocycles. The summed E-state index contributed by atoms with van der Waals surface area (Å²) in [6.45, 7) is 5.34. The van der Waals surface area contributed by atoms with Crippen LogP contribution in [0.3, 0.4) is 0 Å². The van der Waals surface area contributed by atoms with E-state index in [4.69, 9.17) is 4.74 Å². The van der Waals surface area contributed by atoms with Gasteiger partial charge in [-0.2, -0.15) is 0 Å². The lowest BCUT2D eigenvalue weighted by Gasteiger charge is -2.19. The normalized spacial score (nSPS) is 11.1. The number of rotatable bonds is 3. The molecule has 3 nitrogen and oxygen atoms in total. The molecule has 0 radical (unpaired) electrons. The van der Waals surface area contributed by atoms with E-state index in [0.717, 1.165) is 3.57 Å². The number of carbonyl (C=O) groups excluding carboxylic acids is 2. The number of ketones is 1. The highest BCUT2D eigenvalue weighted by atomic mass is 127. The molecule has 0 amide bonds. The minimum Gasteiger partial charge on any atom is -0.460 e. The summed E-state index contributed by atoms with van der Waals surface area (Å²) in [6.07, 6.45) is -0.211. The predicted octanol–water partition coefficient (Wildman–Crippen LogP) is 3.21. The van der Waals surface area contributed by atoms with Crippen LogP contribution >= 0.6 is 22.6 Å². The van der Waals surface area contributed by atoms with Gasteiger partial charge in [-0.3, -0.25) is 9.59 Å². The van der Waals surface area contributed by atoms with Crippen molar-refractivity contribution in [3.63, 3.8) is 0 Å². The van der Waals surface area contributed by atoms with Crippen molar-refractivity contribution in [1.82, 2.24) is 0 Å². The van der Waals surface area contributed by atoms with Crippen LogP contribution in [-0.2, 0) is 9.53 Å². The van der Waals surface area contributed by atoms with Gasteiger partial charge in [-0.05, 0) is 49.4 Å². The van der Waals surface area contributed by atoms with Crippen molar-refractivity contribution in [2.24, 2.45) is 0 Å². The smallest absolute Gasteiger partial charge is 0.314 e. The summed E-state index contributed by atoms with van der Waals surface area (Å²) < 4.78 is 5.95. The molecule has 0 saturated heterocycles. The summed E-state index contributed by atoms with van der Waals surface area (Å²) in [5, 5.41) is 0. The Labute approximate surface area is 115 Å². The quantitative estimate of drug-likeness (QED) is 0.365. The van der Waals surface area contributed by atoms with Gasteiger partial charge in [-0.15, -0.1) is 0 Å². The van der Waals surface area contributed by atoms with Crippen molar-refractivity contribution in [1.29, 1.82) is 0 Å². The third kappa shape index (κ3) is 4.85. The summed E-state index contributed by atoms with van der Waals surface area (Å²) >= 11 is 2.08. The summed E-state index contributed by atoms with van der Waals surface area (Å²) in [6, 6.07) is 7.19. The Morgan fingerprint density at radius 2 is 1.82 bits per heavy atom. The first-order chi connectivity index (χ1) is 7.79. The Kier molecular flexibility index (Phi) is 4.68. The number of ether oxygens (including phenoxy) is 1. The second-order valence-electron chi connectivity index (χ2n) is 4.67. The lowest BCUT2D eigenvalue weighted by molar-refractivity contribution is -0.153. The molecule has 0 N–H and O–H groups in total. The van der Waals surface area contributed by atoms with Gasteiger partial charge in [0.1, 0.15) is 12.0 Å². The van der Waals surface area contributed by atoms with E-state index < -0.39 is 11.6 Å². The van der Waals surface area contributed by atoms with Gasteiger partial charge in [0.05, 0.1) is 0 Å². The van der Waals surface area contributed by atoms with Gasteiger partial charge in [0.25, 0.3) is 0 Å². The van der Waals surface area contributed by atoms with Crippen molar-refractivity contribution < 1.29 is 14.3 Å². The molecule has 0 atom stereocenters. The molecule has 92 valence electrons. The van der Waals surface area contributed by atoms with Crippen LogP contribution in [0.5, 0.6) is 0 Å². The molecule has 1 aromatic carbocycles. The zero-order valence-electron chi connectivity index (χ0n) is 10.1. The lowest BCUT2D eigenvalue weighted by Crippen LogP contribution is -2.25. The molecule has 17 heavy (non-hydrogen) atoms. The molecule has 0 fully saturated rings. The van der Waals surface area contributed by atoms with E-state index in [-0.39, 0.29) is 12.2 Å². The minimum absolute atomic E-state index is 0.204. The number of Topliss-reactive ketones (excluding diaryl/α,β-unsaturated/α-hetero) is 1. The first-order valence-corrected chi connectivity index (χ1v) is 6.37. The van der Waals surface area contributed by atoms with Crippen molar-refractivity contribution in [3.05, 3.63) is 33.4 Å². The second kappa shape index (κ2) is 5.62. The van der Waals surface area contributed by atoms with Crippen LogP contribution in [-0.4, -0.2) is 17.4 Å². The van der Waals surface area contributed by atoms with Gasteiger partial charge < -0.3 is 4.74 Å². The molecule has 0 aliphatic rings. The molecule has 0 heterocycles. The van der Waals surface area contributed by atoms with Crippen LogP contribution < -0.4 is 0 Å². The monoisotopic (exact) mass is 346 g/mol. The predicted molar refractivity (Wildman–Crippen MR) is 74.0 cm³/mol. The fraction of sp³-hybridized carbons (Fsp3) is 0.385. The molecule has 0 aliphatic heterocycles. The van der Waals surface area contributed by atoms with E-state index >= 15 is 0 Å². The minimum atomic E-state index is -0.554. The molecule has 0 bridgehead atoms. The van der Waals surface area contributed by atoms with Gasteiger partial charge in [-0.1, -0.05) is 18.2 Å². The SMILES string of the molecule is CC(C)(C)OC(=O)CC(=O)c1ccccc1I. The molecule has 1 rings (SSSR count). The second-order valence-corrected chi connectivity index (χ2v) is 5.83. The summed E-state index contributed by atoms with van der Waals surface area (Å²) in [5.41, 5.74) is 0.0141. The van der Waals surface area contributed by atoms with Gasteiger partial charge in [0, 0.05) is 9.13 Å². The van der Waals surface area contributed by atoms with Gasteiger partial charge in [-0.25, -0.2) is 0 Å². The van der Waals surface area contributed by atoms with Crippen LogP contribution in [0.4, 0.5) is 0 Å². The molecule has 0 aliphatic carbocycles. The van der Waals surface area contributed by atoms with Crippen LogP contribution in [0.2, 0.25) is 0 Å². The van der Waals surface area contributed by atoms with E-state index in [9.17, 15) is 9.59 Å². The number of esters is 1. The first-order valence-electron chi connectivity index (χ1n) is 5.29. The number of halogens is 1. The third-order valence-electron chi connectivity index (χ3n) is 1.90. The van der Waals surface area contributed by atoms with Gasteiger partial charge in [0.2, 0.25) is 0 Å². The Morgan fingerprint density at radius 3 is 2.35 bits per heavy atom. The molecular weight excluding hydrogens is 331 g/mol. The maximum atomic E-state index is 11.9. The molecular formula is C13H15IO3. The number of benzene rings is 1. The number of hydrogen-bond acceptors (Lipinski definition) is 3. The Morgan fingerprint density at radius 1 is 1.24 bits per heavy atom. The van der Waals surface area contributed by atoms with E-state index in [2.05, 4.69) is 22.6 Å².